The summed E-state index contributed by atoms with van der Waals surface area (Å²) in [6.45, 7) is 6.22. The molecule has 0 aromatic carbocycles. The van der Waals surface area contributed by atoms with Gasteiger partial charge < -0.3 is 14.9 Å². The molecule has 19 heavy (non-hydrogen) atoms. The van der Waals surface area contributed by atoms with Crippen LogP contribution in [0.25, 0.3) is 0 Å². The molecule has 1 atom stereocenters. The lowest BCUT2D eigenvalue weighted by Gasteiger charge is -2.31. The Kier molecular flexibility index (Phi) is 6.75. The fourth-order valence-corrected chi connectivity index (χ4v) is 1.99. The Morgan fingerprint density at radius 2 is 1.89 bits per heavy atom. The van der Waals surface area contributed by atoms with E-state index in [1.807, 2.05) is 0 Å². The highest BCUT2D eigenvalue weighted by Crippen LogP contribution is 2.04. The molecule has 1 heterocycles. The average Bonchev–Trinajstić information content (AvgIpc) is 2.39. The van der Waals surface area contributed by atoms with Crippen molar-refractivity contribution in [3.63, 3.8) is 0 Å². The average molecular weight is 274 g/mol. The van der Waals surface area contributed by atoms with E-state index in [9.17, 15) is 9.59 Å². The van der Waals surface area contributed by atoms with Crippen LogP contribution in [0.2, 0.25) is 0 Å². The van der Waals surface area contributed by atoms with E-state index in [0.29, 0.717) is 19.8 Å². The summed E-state index contributed by atoms with van der Waals surface area (Å²) < 4.78 is 5.24. The van der Waals surface area contributed by atoms with Gasteiger partial charge in [0.15, 0.2) is 0 Å². The zero-order valence-corrected chi connectivity index (χ0v) is 11.2. The first-order chi connectivity index (χ1) is 9.00. The second-order valence-electron chi connectivity index (χ2n) is 4.65. The smallest absolute Gasteiger partial charge is 0.320 e. The normalized spacial score (nSPS) is 18.4. The third-order valence-corrected chi connectivity index (χ3v) is 3.33. The molecular formula is C12H22N2O5. The van der Waals surface area contributed by atoms with Crippen LogP contribution in [0.3, 0.4) is 0 Å². The predicted octanol–water partition coefficient (Wildman–Crippen LogP) is -0.432. The maximum atomic E-state index is 11.0. The minimum absolute atomic E-state index is 0.0409. The number of carbonyl (C=O) groups is 2. The first kappa shape index (κ1) is 15.9. The Morgan fingerprint density at radius 1 is 1.26 bits per heavy atom. The molecule has 7 nitrogen and oxygen atoms in total. The van der Waals surface area contributed by atoms with Gasteiger partial charge in [-0.2, -0.15) is 0 Å². The van der Waals surface area contributed by atoms with Crippen LogP contribution in [0.4, 0.5) is 0 Å². The molecule has 1 rings (SSSR count). The largest absolute Gasteiger partial charge is 0.481 e. The second-order valence-corrected chi connectivity index (χ2v) is 4.65. The van der Waals surface area contributed by atoms with Crippen molar-refractivity contribution in [1.82, 2.24) is 9.80 Å². The van der Waals surface area contributed by atoms with Gasteiger partial charge in [-0.25, -0.2) is 0 Å². The summed E-state index contributed by atoms with van der Waals surface area (Å²) in [5.74, 6) is -1.83. The van der Waals surface area contributed by atoms with Gasteiger partial charge in [0.2, 0.25) is 0 Å². The number of hydrogen-bond acceptors (Lipinski definition) is 5. The van der Waals surface area contributed by atoms with Crippen molar-refractivity contribution < 1.29 is 24.5 Å². The number of rotatable bonds is 8. The maximum absolute atomic E-state index is 11.0. The van der Waals surface area contributed by atoms with Crippen LogP contribution in [-0.2, 0) is 14.3 Å². The monoisotopic (exact) mass is 274 g/mol. The van der Waals surface area contributed by atoms with Crippen molar-refractivity contribution in [2.24, 2.45) is 0 Å². The summed E-state index contributed by atoms with van der Waals surface area (Å²) in [7, 11) is 0. The van der Waals surface area contributed by atoms with Crippen molar-refractivity contribution in [1.29, 1.82) is 0 Å². The molecule has 2 N–H and O–H groups in total. The van der Waals surface area contributed by atoms with Gasteiger partial charge in [-0.3, -0.25) is 19.4 Å². The van der Waals surface area contributed by atoms with Gasteiger partial charge in [-0.05, 0) is 6.92 Å². The Labute approximate surface area is 112 Å². The first-order valence-electron chi connectivity index (χ1n) is 6.49. The van der Waals surface area contributed by atoms with Crippen molar-refractivity contribution in [3.05, 3.63) is 0 Å². The molecule has 0 radical (unpaired) electrons. The predicted molar refractivity (Wildman–Crippen MR) is 68.2 cm³/mol. The standard InChI is InChI=1S/C12H22N2O5/c1-10(12(17)18)14(3-2-11(15)16)5-4-13-6-8-19-9-7-13/h10H,2-9H2,1H3,(H,15,16)(H,17,18). The summed E-state index contributed by atoms with van der Waals surface area (Å²) in [5.41, 5.74) is 0. The summed E-state index contributed by atoms with van der Waals surface area (Å²) >= 11 is 0. The highest BCUT2D eigenvalue weighted by Gasteiger charge is 2.22. The van der Waals surface area contributed by atoms with Crippen LogP contribution in [0.15, 0.2) is 0 Å². The Balaban J connectivity index is 2.42. The van der Waals surface area contributed by atoms with Gasteiger partial charge in [-0.15, -0.1) is 0 Å². The summed E-state index contributed by atoms with van der Waals surface area (Å²) in [6.07, 6.45) is -0.0409. The number of ether oxygens (including phenoxy) is 1. The Bertz CT molecular complexity index is 304. The number of carboxylic acids is 2. The minimum Gasteiger partial charge on any atom is -0.481 e. The van der Waals surface area contributed by atoms with E-state index in [0.717, 1.165) is 19.6 Å². The molecule has 0 amide bonds. The highest BCUT2D eigenvalue weighted by molar-refractivity contribution is 5.73. The van der Waals surface area contributed by atoms with E-state index in [1.165, 1.54) is 0 Å². The minimum atomic E-state index is -0.924. The van der Waals surface area contributed by atoms with Gasteiger partial charge in [0.25, 0.3) is 0 Å². The van der Waals surface area contributed by atoms with E-state index in [-0.39, 0.29) is 13.0 Å². The molecule has 7 heteroatoms. The first-order valence-corrected chi connectivity index (χ1v) is 6.49. The van der Waals surface area contributed by atoms with Crippen LogP contribution < -0.4 is 0 Å². The lowest BCUT2D eigenvalue weighted by Crippen LogP contribution is -2.46. The van der Waals surface area contributed by atoms with Crippen LogP contribution in [0, 0.1) is 0 Å². The molecule has 0 bridgehead atoms. The summed E-state index contributed by atoms with van der Waals surface area (Å²) in [6, 6.07) is -0.666. The fourth-order valence-electron chi connectivity index (χ4n) is 1.99. The van der Waals surface area contributed by atoms with Crippen molar-refractivity contribution >= 4 is 11.9 Å². The second kappa shape index (κ2) is 8.08. The number of morpholine rings is 1. The summed E-state index contributed by atoms with van der Waals surface area (Å²) in [4.78, 5) is 25.5. The van der Waals surface area contributed by atoms with Gasteiger partial charge in [-0.1, -0.05) is 0 Å². The Hall–Kier alpha value is -1.18. The molecule has 0 aromatic rings. The summed E-state index contributed by atoms with van der Waals surface area (Å²) in [5, 5.41) is 17.7. The van der Waals surface area contributed by atoms with Gasteiger partial charge in [0, 0.05) is 32.7 Å². The molecule has 0 saturated carbocycles. The number of nitrogens with zero attached hydrogens (tertiary/aromatic N) is 2. The number of aliphatic carboxylic acids is 2. The lowest BCUT2D eigenvalue weighted by molar-refractivity contribution is -0.144. The topological polar surface area (TPSA) is 90.3 Å². The molecule has 0 aromatic heterocycles. The van der Waals surface area contributed by atoms with Crippen molar-refractivity contribution in [2.75, 3.05) is 45.9 Å². The molecule has 1 fully saturated rings. The van der Waals surface area contributed by atoms with Gasteiger partial charge in [0.05, 0.1) is 19.6 Å². The molecule has 0 spiro atoms. The van der Waals surface area contributed by atoms with E-state index < -0.39 is 18.0 Å². The van der Waals surface area contributed by atoms with Gasteiger partial charge in [0.1, 0.15) is 6.04 Å². The van der Waals surface area contributed by atoms with Crippen LogP contribution in [0.5, 0.6) is 0 Å². The molecule has 110 valence electrons. The molecule has 1 aliphatic rings. The maximum Gasteiger partial charge on any atom is 0.320 e. The van der Waals surface area contributed by atoms with E-state index in [4.69, 9.17) is 14.9 Å². The highest BCUT2D eigenvalue weighted by atomic mass is 16.5. The number of carboxylic acid groups (broad SMARTS) is 2. The zero-order chi connectivity index (χ0) is 14.3. The lowest BCUT2D eigenvalue weighted by atomic mass is 10.2. The third-order valence-electron chi connectivity index (χ3n) is 3.33. The molecule has 1 aliphatic heterocycles. The van der Waals surface area contributed by atoms with Crippen LogP contribution in [-0.4, -0.2) is 83.9 Å². The third kappa shape index (κ3) is 6.00. The van der Waals surface area contributed by atoms with Crippen molar-refractivity contribution in [2.45, 2.75) is 19.4 Å². The van der Waals surface area contributed by atoms with Crippen LogP contribution >= 0.6 is 0 Å². The SMILES string of the molecule is CC(C(=O)O)N(CCC(=O)O)CCN1CCOCC1. The zero-order valence-electron chi connectivity index (χ0n) is 11.2. The molecule has 0 aliphatic carbocycles. The number of hydrogen-bond donors (Lipinski definition) is 2. The van der Waals surface area contributed by atoms with Crippen molar-refractivity contribution in [3.8, 4) is 0 Å². The van der Waals surface area contributed by atoms with Gasteiger partial charge >= 0.3 is 11.9 Å². The van der Waals surface area contributed by atoms with Crippen LogP contribution in [0.1, 0.15) is 13.3 Å². The Morgan fingerprint density at radius 3 is 2.42 bits per heavy atom. The van der Waals surface area contributed by atoms with E-state index >= 15 is 0 Å². The quantitative estimate of drug-likeness (QED) is 0.620. The fraction of sp³-hybridized carbons (Fsp3) is 0.833. The molecule has 1 saturated heterocycles. The molecule has 1 unspecified atom stereocenters. The van der Waals surface area contributed by atoms with E-state index in [1.54, 1.807) is 11.8 Å². The van der Waals surface area contributed by atoms with E-state index in [2.05, 4.69) is 4.90 Å². The molecular weight excluding hydrogens is 252 g/mol.